The Balaban J connectivity index is 2.02. The van der Waals surface area contributed by atoms with Gasteiger partial charge in [0.05, 0.1) is 13.7 Å². The lowest BCUT2D eigenvalue weighted by Gasteiger charge is -2.15. The van der Waals surface area contributed by atoms with E-state index in [0.717, 1.165) is 11.3 Å². The van der Waals surface area contributed by atoms with Crippen LogP contribution in [0.5, 0.6) is 11.5 Å². The van der Waals surface area contributed by atoms with Crippen LogP contribution in [0.15, 0.2) is 29.6 Å². The Morgan fingerprint density at radius 2 is 2.15 bits per heavy atom. The normalized spacial score (nSPS) is 15.6. The Morgan fingerprint density at radius 1 is 1.35 bits per heavy atom. The van der Waals surface area contributed by atoms with Crippen LogP contribution in [0.2, 0.25) is 0 Å². The number of benzene rings is 1. The molecule has 1 aromatic heterocycles. The average molecular weight is 288 g/mol. The highest BCUT2D eigenvalue weighted by Gasteiger charge is 2.32. The summed E-state index contributed by atoms with van der Waals surface area (Å²) in [6.07, 6.45) is 0. The fourth-order valence-corrected chi connectivity index (χ4v) is 3.24. The summed E-state index contributed by atoms with van der Waals surface area (Å²) >= 11 is 1.40. The minimum absolute atomic E-state index is 0.00218. The molecule has 0 bridgehead atoms. The quantitative estimate of drug-likeness (QED) is 0.809. The first-order chi connectivity index (χ1) is 9.53. The Hall–Kier alpha value is -1.81. The molecule has 20 heavy (non-hydrogen) atoms. The minimum Gasteiger partial charge on any atom is -0.495 e. The molecule has 2 aromatic rings. The topological polar surface area (TPSA) is 35.5 Å². The van der Waals surface area contributed by atoms with E-state index in [2.05, 4.69) is 13.8 Å². The molecule has 104 valence electrons. The largest absolute Gasteiger partial charge is 0.495 e. The number of thiophene rings is 1. The van der Waals surface area contributed by atoms with E-state index in [1.54, 1.807) is 7.11 Å². The third-order valence-electron chi connectivity index (χ3n) is 3.61. The van der Waals surface area contributed by atoms with E-state index < -0.39 is 0 Å². The van der Waals surface area contributed by atoms with Crippen LogP contribution in [-0.4, -0.2) is 19.5 Å². The summed E-state index contributed by atoms with van der Waals surface area (Å²) in [6.45, 7) is 4.90. The second-order valence-corrected chi connectivity index (χ2v) is 6.45. The lowest BCUT2D eigenvalue weighted by atomic mass is 9.86. The smallest absolute Gasteiger partial charge is 0.206 e. The predicted octanol–water partition coefficient (Wildman–Crippen LogP) is 3.66. The SMILES string of the molecule is COc1ccsc1C(=O)c1ccc2c(c1)C(C)(C)CO2. The second kappa shape index (κ2) is 4.63. The Labute approximate surface area is 122 Å². The maximum atomic E-state index is 12.6. The van der Waals surface area contributed by atoms with E-state index in [1.807, 2.05) is 29.6 Å². The van der Waals surface area contributed by atoms with Crippen molar-refractivity contribution < 1.29 is 14.3 Å². The van der Waals surface area contributed by atoms with Crippen molar-refractivity contribution in [2.75, 3.05) is 13.7 Å². The Kier molecular flexibility index (Phi) is 3.05. The monoisotopic (exact) mass is 288 g/mol. The lowest BCUT2D eigenvalue weighted by molar-refractivity contribution is 0.104. The van der Waals surface area contributed by atoms with Crippen LogP contribution < -0.4 is 9.47 Å². The highest BCUT2D eigenvalue weighted by atomic mass is 32.1. The molecule has 0 unspecified atom stereocenters. The number of ether oxygens (including phenoxy) is 2. The van der Waals surface area contributed by atoms with Crippen LogP contribution >= 0.6 is 11.3 Å². The van der Waals surface area contributed by atoms with Crippen LogP contribution in [-0.2, 0) is 5.41 Å². The second-order valence-electron chi connectivity index (χ2n) is 5.53. The number of ketones is 1. The zero-order valence-corrected chi connectivity index (χ0v) is 12.5. The van der Waals surface area contributed by atoms with Crippen molar-refractivity contribution in [1.29, 1.82) is 0 Å². The third-order valence-corrected chi connectivity index (χ3v) is 4.51. The van der Waals surface area contributed by atoms with E-state index in [9.17, 15) is 4.79 Å². The minimum atomic E-state index is -0.0504. The first-order valence-electron chi connectivity index (χ1n) is 6.46. The average Bonchev–Trinajstić information content (AvgIpc) is 3.03. The van der Waals surface area contributed by atoms with Gasteiger partial charge in [-0.1, -0.05) is 13.8 Å². The zero-order valence-electron chi connectivity index (χ0n) is 11.7. The molecule has 0 N–H and O–H groups in total. The Morgan fingerprint density at radius 3 is 2.90 bits per heavy atom. The Bertz CT molecular complexity index is 670. The van der Waals surface area contributed by atoms with Gasteiger partial charge in [-0.05, 0) is 29.6 Å². The zero-order chi connectivity index (χ0) is 14.3. The van der Waals surface area contributed by atoms with Crippen molar-refractivity contribution in [3.8, 4) is 11.5 Å². The third kappa shape index (κ3) is 2.00. The van der Waals surface area contributed by atoms with Crippen LogP contribution in [0, 0.1) is 0 Å². The van der Waals surface area contributed by atoms with Crippen molar-refractivity contribution >= 4 is 17.1 Å². The number of hydrogen-bond donors (Lipinski definition) is 0. The van der Waals surface area contributed by atoms with Crippen molar-refractivity contribution in [3.05, 3.63) is 45.6 Å². The maximum absolute atomic E-state index is 12.6. The summed E-state index contributed by atoms with van der Waals surface area (Å²) < 4.78 is 10.9. The van der Waals surface area contributed by atoms with Crippen molar-refractivity contribution in [3.63, 3.8) is 0 Å². The van der Waals surface area contributed by atoms with Gasteiger partial charge in [0.2, 0.25) is 5.78 Å². The molecule has 0 fully saturated rings. The molecule has 0 atom stereocenters. The van der Waals surface area contributed by atoms with Gasteiger partial charge in [-0.15, -0.1) is 11.3 Å². The van der Waals surface area contributed by atoms with Crippen LogP contribution in [0.3, 0.4) is 0 Å². The van der Waals surface area contributed by atoms with Gasteiger partial charge in [0.1, 0.15) is 16.4 Å². The molecule has 4 heteroatoms. The maximum Gasteiger partial charge on any atom is 0.206 e. The van der Waals surface area contributed by atoms with Gasteiger partial charge >= 0.3 is 0 Å². The van der Waals surface area contributed by atoms with E-state index in [0.29, 0.717) is 22.8 Å². The molecule has 0 saturated carbocycles. The molecular formula is C16H16O3S. The predicted molar refractivity (Wildman–Crippen MR) is 79.3 cm³/mol. The molecular weight excluding hydrogens is 272 g/mol. The van der Waals surface area contributed by atoms with Gasteiger partial charge in [0.15, 0.2) is 0 Å². The van der Waals surface area contributed by atoms with Gasteiger partial charge < -0.3 is 9.47 Å². The number of rotatable bonds is 3. The molecule has 3 rings (SSSR count). The molecule has 1 aliphatic heterocycles. The number of carbonyl (C=O) groups is 1. The number of fused-ring (bicyclic) bond motifs is 1. The molecule has 0 radical (unpaired) electrons. The van der Waals surface area contributed by atoms with Gasteiger partial charge in [0.25, 0.3) is 0 Å². The summed E-state index contributed by atoms with van der Waals surface area (Å²) in [5, 5.41) is 1.87. The molecule has 3 nitrogen and oxygen atoms in total. The molecule has 0 spiro atoms. The van der Waals surface area contributed by atoms with Crippen molar-refractivity contribution in [2.45, 2.75) is 19.3 Å². The number of methoxy groups -OCH3 is 1. The van der Waals surface area contributed by atoms with E-state index in [1.165, 1.54) is 11.3 Å². The summed E-state index contributed by atoms with van der Waals surface area (Å²) in [5.41, 5.74) is 1.73. The van der Waals surface area contributed by atoms with Gasteiger partial charge in [-0.3, -0.25) is 4.79 Å². The van der Waals surface area contributed by atoms with Crippen molar-refractivity contribution in [1.82, 2.24) is 0 Å². The molecule has 1 aromatic carbocycles. The molecule has 0 saturated heterocycles. The first-order valence-corrected chi connectivity index (χ1v) is 7.34. The number of carbonyl (C=O) groups excluding carboxylic acids is 1. The van der Waals surface area contributed by atoms with Crippen LogP contribution in [0.1, 0.15) is 34.6 Å². The highest BCUT2D eigenvalue weighted by Crippen LogP contribution is 2.39. The molecule has 1 aliphatic rings. The molecule has 0 amide bonds. The summed E-state index contributed by atoms with van der Waals surface area (Å²) in [5.74, 6) is 1.52. The summed E-state index contributed by atoms with van der Waals surface area (Å²) in [4.78, 5) is 13.2. The van der Waals surface area contributed by atoms with Gasteiger partial charge in [-0.25, -0.2) is 0 Å². The molecule has 2 heterocycles. The lowest BCUT2D eigenvalue weighted by Crippen LogP contribution is -2.18. The van der Waals surface area contributed by atoms with E-state index >= 15 is 0 Å². The fourth-order valence-electron chi connectivity index (χ4n) is 2.42. The number of hydrogen-bond acceptors (Lipinski definition) is 4. The summed E-state index contributed by atoms with van der Waals surface area (Å²) in [6, 6.07) is 7.47. The van der Waals surface area contributed by atoms with Crippen LogP contribution in [0.25, 0.3) is 0 Å². The van der Waals surface area contributed by atoms with E-state index in [-0.39, 0.29) is 11.2 Å². The van der Waals surface area contributed by atoms with Gasteiger partial charge in [0, 0.05) is 16.5 Å². The standard InChI is InChI=1S/C16H16O3S/c1-16(2)9-19-12-5-4-10(8-11(12)16)14(17)15-13(18-3)6-7-20-15/h4-8H,9H2,1-3H3. The summed E-state index contributed by atoms with van der Waals surface area (Å²) in [7, 11) is 1.58. The fraction of sp³-hybridized carbons (Fsp3) is 0.312. The highest BCUT2D eigenvalue weighted by molar-refractivity contribution is 7.12. The van der Waals surface area contributed by atoms with E-state index in [4.69, 9.17) is 9.47 Å². The first kappa shape index (κ1) is 13.2. The van der Waals surface area contributed by atoms with Gasteiger partial charge in [-0.2, -0.15) is 0 Å². The molecule has 0 aliphatic carbocycles. The van der Waals surface area contributed by atoms with Crippen molar-refractivity contribution in [2.24, 2.45) is 0 Å². The van der Waals surface area contributed by atoms with Crippen LogP contribution in [0.4, 0.5) is 0 Å².